The van der Waals surface area contributed by atoms with Crippen LogP contribution in [0.3, 0.4) is 0 Å². The van der Waals surface area contributed by atoms with Crippen LogP contribution in [0.1, 0.15) is 382 Å². The van der Waals surface area contributed by atoms with Gasteiger partial charge in [0.1, 0.15) is 0 Å². The third-order valence-corrected chi connectivity index (χ3v) is 18.3. The summed E-state index contributed by atoms with van der Waals surface area (Å²) in [5.41, 5.74) is -22.2. The van der Waals surface area contributed by atoms with Gasteiger partial charge in [0.05, 0.1) is 53.3 Å². The van der Waals surface area contributed by atoms with Crippen LogP contribution in [0, 0.1) is 88.7 Å². The van der Waals surface area contributed by atoms with Crippen LogP contribution in [-0.2, 0) is 75.7 Å². The molecule has 5 fully saturated rings. The van der Waals surface area contributed by atoms with Gasteiger partial charge in [-0.25, -0.2) is 24.0 Å². The third-order valence-electron chi connectivity index (χ3n) is 18.3. The molecular weight excluding hydrogens is 1630 g/mol. The zero-order chi connectivity index (χ0) is 175. The average Bonchev–Trinajstić information content (AvgIpc) is 0.645. The summed E-state index contributed by atoms with van der Waals surface area (Å²) in [6.45, 7) is -69.3. The number of nitrogens with zero attached hydrogens (tertiary/aromatic N) is 5. The van der Waals surface area contributed by atoms with Crippen molar-refractivity contribution in [2.45, 2.75) is 256 Å². The summed E-state index contributed by atoms with van der Waals surface area (Å²) in [6.07, 6.45) is -57.5. The molecule has 130 heavy (non-hydrogen) atoms. The van der Waals surface area contributed by atoms with Gasteiger partial charge in [-0.1, -0.05) is 375 Å². The molecule has 0 saturated heterocycles. The Morgan fingerprint density at radius 1 is 0.323 bits per heavy atom. The Bertz CT molecular complexity index is 8680. The standard InChI is InChI=1S/5C22H31NO3/c5*1-3-23(4-2)17-11-12-18-26-21(24)22(25,19-13-7-5-8-14-19)20-15-9-6-10-16-20/h5*5,7-8,13-14,20,25H,3-4,6,9-10,15-18H2,1-2H3/i1D3,2D3,3D2,4D2,5D,6D2,7D,8D,9D2,10D2,13D,14D,15D2,16D2,20D;3D2,4D2,5D,6D2,7D,8D,9D2,10D2,13D,14D,15D2,16D2,20D;1D3,2D3,3D2,4D2,6D2,9D2,10D2,15D2,16D2,20D;1D3,2D3,3D2,4D2,5D,7D,8D,13D,14D;1D3,2D3,3D2,4D2. The Morgan fingerprint density at radius 3 is 0.785 bits per heavy atom. The fraction of sp³-hybridized carbons (Fsp3) is 0.591. The fourth-order valence-electron chi connectivity index (χ4n) is 11.7. The lowest BCUT2D eigenvalue weighted by molar-refractivity contribution is -0.174. The second-order valence-electron chi connectivity index (χ2n) is 26.0. The van der Waals surface area contributed by atoms with Crippen molar-refractivity contribution in [2.75, 3.05) is 131 Å². The number of hydrogen-bond acceptors (Lipinski definition) is 20. The molecule has 710 valence electrons. The minimum atomic E-state index is -4.76. The first-order chi connectivity index (χ1) is 98.5. The normalized spacial score (nSPS) is 36.0. The summed E-state index contributed by atoms with van der Waals surface area (Å²) in [4.78, 5) is 67.6. The number of rotatable bonds is 35. The molecule has 5 aliphatic rings. The Labute approximate surface area is 909 Å². The topological polar surface area (TPSA) is 249 Å². The van der Waals surface area contributed by atoms with Crippen molar-refractivity contribution in [3.8, 4) is 59.2 Å². The van der Waals surface area contributed by atoms with Gasteiger partial charge in [0.2, 0.25) is 0 Å². The smallest absolute Gasteiger partial charge is 0.344 e. The Balaban J connectivity index is 0.000000416. The van der Waals surface area contributed by atoms with E-state index in [1.54, 1.807) is 30.3 Å². The van der Waals surface area contributed by atoms with Gasteiger partial charge in [-0.3, -0.25) is 24.5 Å². The number of carbonyl (C=O) groups is 5. The molecule has 0 aliphatic heterocycles. The highest BCUT2D eigenvalue weighted by atomic mass is 16.6. The number of ether oxygens (including phenoxy) is 5. The zero-order valence-corrected chi connectivity index (χ0v) is 69.6. The molecule has 20 heteroatoms. The molecule has 10 rings (SSSR count). The third kappa shape index (κ3) is 33.8. The van der Waals surface area contributed by atoms with E-state index in [0.717, 1.165) is 63.8 Å². The number of hydrogen-bond donors (Lipinski definition) is 5. The lowest BCUT2D eigenvalue weighted by atomic mass is 9.73. The fourth-order valence-corrected chi connectivity index (χ4v) is 11.7. The van der Waals surface area contributed by atoms with Crippen LogP contribution < -0.4 is 0 Å². The van der Waals surface area contributed by atoms with Crippen molar-refractivity contribution in [2.24, 2.45) is 29.5 Å². The van der Waals surface area contributed by atoms with Crippen LogP contribution in [0.25, 0.3) is 0 Å². The molecule has 0 spiro atoms. The number of esters is 5. The number of carbonyl (C=O) groups excluding carboxylic acids is 5. The van der Waals surface area contributed by atoms with Crippen LogP contribution in [0.15, 0.2) is 151 Å². The van der Waals surface area contributed by atoms with Crippen molar-refractivity contribution in [3.05, 3.63) is 179 Å². The summed E-state index contributed by atoms with van der Waals surface area (Å²) in [6, 6.07) is -3.88. The van der Waals surface area contributed by atoms with Gasteiger partial charge in [-0.2, -0.15) is 0 Å². The maximum atomic E-state index is 13.9. The van der Waals surface area contributed by atoms with Gasteiger partial charge < -0.3 is 49.2 Å². The average molecular weight is 1880 g/mol. The summed E-state index contributed by atoms with van der Waals surface area (Å²) in [7, 11) is 0. The van der Waals surface area contributed by atoms with E-state index in [4.69, 9.17) is 150 Å². The second-order valence-corrected chi connectivity index (χ2v) is 26.0. The van der Waals surface area contributed by atoms with Crippen molar-refractivity contribution >= 4 is 29.8 Å². The van der Waals surface area contributed by atoms with E-state index in [-0.39, 0.29) is 25.5 Å². The summed E-state index contributed by atoms with van der Waals surface area (Å²) in [5.74, 6) is -2.75. The lowest BCUT2D eigenvalue weighted by Crippen LogP contribution is -2.45. The summed E-state index contributed by atoms with van der Waals surface area (Å²) in [5, 5.41) is 59.3. The van der Waals surface area contributed by atoms with E-state index in [2.05, 4.69) is 35.5 Å². The first-order valence-electron chi connectivity index (χ1n) is 84.5. The van der Waals surface area contributed by atoms with Crippen molar-refractivity contribution in [3.63, 3.8) is 0 Å². The van der Waals surface area contributed by atoms with Crippen molar-refractivity contribution in [1.82, 2.24) is 24.5 Å². The van der Waals surface area contributed by atoms with E-state index in [1.807, 2.05) is 23.7 Å². The maximum Gasteiger partial charge on any atom is 0.344 e. The second kappa shape index (κ2) is 61.5. The van der Waals surface area contributed by atoms with E-state index in [0.29, 0.717) is 49.0 Å². The molecule has 0 heterocycles. The molecule has 0 aromatic heterocycles. The monoisotopic (exact) mass is 1880 g/mol. The summed E-state index contributed by atoms with van der Waals surface area (Å²) >= 11 is 0. The van der Waals surface area contributed by atoms with Gasteiger partial charge in [0, 0.05) is 135 Å². The molecule has 5 aromatic carbocycles. The highest BCUT2D eigenvalue weighted by Crippen LogP contribution is 2.46. The molecule has 5 saturated carbocycles. The molecule has 0 amide bonds. The van der Waals surface area contributed by atoms with E-state index >= 15 is 0 Å². The van der Waals surface area contributed by atoms with Gasteiger partial charge in [-0.15, -0.1) is 0 Å². The molecule has 5 N–H and O–H groups in total. The molecule has 5 unspecified atom stereocenters. The maximum absolute atomic E-state index is 13.9. The first-order valence-corrected chi connectivity index (χ1v) is 38.5. The Morgan fingerprint density at radius 2 is 0.538 bits per heavy atom. The minimum Gasteiger partial charge on any atom is -0.450 e. The van der Waals surface area contributed by atoms with E-state index in [1.165, 1.54) is 6.07 Å². The minimum absolute atomic E-state index is 0.0250. The van der Waals surface area contributed by atoms with Crippen molar-refractivity contribution in [1.29, 1.82) is 0 Å². The van der Waals surface area contributed by atoms with E-state index in [9.17, 15) is 49.5 Å². The molecule has 0 bridgehead atoms. The Hall–Kier alpha value is -9.15. The van der Waals surface area contributed by atoms with Gasteiger partial charge in [0.25, 0.3) is 0 Å². The molecular formula is C110H155N5O15. The number of benzene rings is 5. The number of aliphatic hydroxyl groups is 5. The highest BCUT2D eigenvalue weighted by molar-refractivity contribution is 5.84. The zero-order valence-electron chi connectivity index (χ0n) is 162. The SMILES string of the molecule is [2H]C([2H])([2H])C([2H])([2H])N(CC#CCOC(=O)C(O)(c1ccccc1)C1([2H])C([2H])([2H])C([2H])([2H])C([2H])([2H])C([2H])([2H])C1([2H])[2H])C([2H])([2H])C([2H])([2H])[2H].[2H]C([2H])([2H])C([2H])([2H])N(CC#CCOC(=O)C(O)(c1ccccc1)C1CCCCC1)C([2H])([2H])C([2H])([2H])[2H].[2H]c1c([2H])c([2H])c(C(O)(C(=O)OCC#CCN(C([2H])([2H])C([2H])([2H])[2H])C([2H])([2H])C([2H])([2H])[2H])C2([2H])C([2H])([2H])C([2H])([2H])C([2H])([2H])C([2H])([2H])C2([2H])[2H])c([2H])c1[2H].[2H]c1c([2H])c([2H])c(C(O)(C(=O)OCC#CCN(C([2H])([2H])C([2H])([2H])[2H])C([2H])([2H])C([2H])([2H])[2H])C2CCCCC2)c([2H])c1[2H].[2H]c1c([2H])c([2H])c(C(O)(C(=O)OCC#CCN(C([2H])([2H])C)C([2H])([2H])C)C2([2H])C([2H])([2H])C([2H])([2H])C([2H])([2H])C([2H])([2H])C2([2H])[2H])c([2H])c1[2H]. The van der Waals surface area contributed by atoms with Gasteiger partial charge >= 0.3 is 29.8 Å². The molecule has 5 atom stereocenters. The van der Waals surface area contributed by atoms with Crippen LogP contribution in [-0.4, -0.2) is 211 Å². The Kier molecular flexibility index (Phi) is 17.3. The van der Waals surface area contributed by atoms with Crippen LogP contribution in [0.5, 0.6) is 0 Å². The van der Waals surface area contributed by atoms with Gasteiger partial charge in [0.15, 0.2) is 61.0 Å². The van der Waals surface area contributed by atoms with E-state index < -0.39 is 475 Å². The molecule has 20 nitrogen and oxygen atoms in total. The quantitative estimate of drug-likeness (QED) is 0.0144. The molecule has 0 radical (unpaired) electrons. The van der Waals surface area contributed by atoms with Crippen LogP contribution in [0.4, 0.5) is 0 Å². The predicted octanol–water partition coefficient (Wildman–Crippen LogP) is 16.7. The van der Waals surface area contributed by atoms with Gasteiger partial charge in [-0.05, 0) is 157 Å². The largest absolute Gasteiger partial charge is 0.450 e. The highest BCUT2D eigenvalue weighted by Gasteiger charge is 2.52. The first kappa shape index (κ1) is 36.6. The van der Waals surface area contributed by atoms with Crippen molar-refractivity contribution < 1.29 is 199 Å². The molecule has 5 aliphatic carbocycles. The predicted molar refractivity (Wildman–Crippen MR) is 517 cm³/mol. The van der Waals surface area contributed by atoms with Crippen LogP contribution in [0.2, 0.25) is 0 Å². The summed E-state index contributed by atoms with van der Waals surface area (Å²) < 4.78 is 756. The molecule has 5 aromatic rings. The lowest BCUT2D eigenvalue weighted by Gasteiger charge is -2.36. The van der Waals surface area contributed by atoms with Crippen LogP contribution >= 0.6 is 0 Å².